The van der Waals surface area contributed by atoms with Gasteiger partial charge in [-0.05, 0) is 32.1 Å². The fourth-order valence-electron chi connectivity index (χ4n) is 2.60. The fraction of sp³-hybridized carbons (Fsp3) is 0.917. The zero-order valence-electron chi connectivity index (χ0n) is 11.5. The predicted octanol–water partition coefficient (Wildman–Crippen LogP) is 0.187. The SMILES string of the molecule is O=C(O)C1CCN(S(=O)(=O)NCC2CCCCO2)CC1. The van der Waals surface area contributed by atoms with E-state index in [1.807, 2.05) is 0 Å². The number of nitrogens with zero attached hydrogens (tertiary/aromatic N) is 1. The quantitative estimate of drug-likeness (QED) is 0.756. The Bertz CT molecular complexity index is 425. The Kier molecular flexibility index (Phi) is 5.36. The molecule has 8 heteroatoms. The summed E-state index contributed by atoms with van der Waals surface area (Å²) < 4.78 is 33.6. The molecule has 0 saturated carbocycles. The number of hydrogen-bond donors (Lipinski definition) is 2. The summed E-state index contributed by atoms with van der Waals surface area (Å²) in [5.41, 5.74) is 0. The number of hydrogen-bond acceptors (Lipinski definition) is 4. The van der Waals surface area contributed by atoms with Gasteiger partial charge >= 0.3 is 5.97 Å². The molecule has 20 heavy (non-hydrogen) atoms. The van der Waals surface area contributed by atoms with Crippen LogP contribution >= 0.6 is 0 Å². The number of ether oxygens (including phenoxy) is 1. The molecule has 2 aliphatic heterocycles. The third-order valence-electron chi connectivity index (χ3n) is 3.91. The van der Waals surface area contributed by atoms with Crippen LogP contribution in [0.15, 0.2) is 0 Å². The van der Waals surface area contributed by atoms with Gasteiger partial charge in [-0.15, -0.1) is 0 Å². The predicted molar refractivity (Wildman–Crippen MR) is 72.4 cm³/mol. The molecule has 1 unspecified atom stereocenters. The first-order valence-electron chi connectivity index (χ1n) is 7.08. The summed E-state index contributed by atoms with van der Waals surface area (Å²) in [7, 11) is -3.52. The van der Waals surface area contributed by atoms with Gasteiger partial charge in [0.05, 0.1) is 12.0 Å². The van der Waals surface area contributed by atoms with Crippen molar-refractivity contribution in [1.29, 1.82) is 0 Å². The van der Waals surface area contributed by atoms with Crippen LogP contribution in [-0.2, 0) is 19.7 Å². The minimum Gasteiger partial charge on any atom is -0.481 e. The van der Waals surface area contributed by atoms with Gasteiger partial charge in [-0.1, -0.05) is 0 Å². The molecular formula is C12H22N2O5S. The molecule has 0 amide bonds. The summed E-state index contributed by atoms with van der Waals surface area (Å²) in [4.78, 5) is 10.8. The van der Waals surface area contributed by atoms with Crippen molar-refractivity contribution in [2.24, 2.45) is 5.92 Å². The van der Waals surface area contributed by atoms with Crippen LogP contribution in [0.1, 0.15) is 32.1 Å². The number of aliphatic carboxylic acids is 1. The molecule has 1 atom stereocenters. The van der Waals surface area contributed by atoms with Gasteiger partial charge in [-0.3, -0.25) is 4.79 Å². The highest BCUT2D eigenvalue weighted by molar-refractivity contribution is 7.87. The molecule has 2 heterocycles. The van der Waals surface area contributed by atoms with Crippen molar-refractivity contribution < 1.29 is 23.1 Å². The average molecular weight is 306 g/mol. The molecule has 0 aliphatic carbocycles. The molecule has 0 aromatic heterocycles. The van der Waals surface area contributed by atoms with E-state index in [9.17, 15) is 13.2 Å². The van der Waals surface area contributed by atoms with E-state index in [0.29, 0.717) is 26.0 Å². The van der Waals surface area contributed by atoms with Crippen molar-refractivity contribution in [1.82, 2.24) is 9.03 Å². The van der Waals surface area contributed by atoms with Crippen molar-refractivity contribution >= 4 is 16.2 Å². The lowest BCUT2D eigenvalue weighted by molar-refractivity contribution is -0.142. The van der Waals surface area contributed by atoms with E-state index in [4.69, 9.17) is 9.84 Å². The van der Waals surface area contributed by atoms with Crippen LogP contribution < -0.4 is 4.72 Å². The van der Waals surface area contributed by atoms with Gasteiger partial charge in [0.25, 0.3) is 10.2 Å². The van der Waals surface area contributed by atoms with E-state index in [0.717, 1.165) is 19.3 Å². The first-order valence-corrected chi connectivity index (χ1v) is 8.52. The maximum atomic E-state index is 12.1. The zero-order valence-corrected chi connectivity index (χ0v) is 12.3. The Hall–Kier alpha value is -0.700. The second-order valence-electron chi connectivity index (χ2n) is 5.35. The average Bonchev–Trinajstić information content (AvgIpc) is 2.46. The third-order valence-corrected chi connectivity index (χ3v) is 5.49. The van der Waals surface area contributed by atoms with Crippen LogP contribution in [0.3, 0.4) is 0 Å². The molecule has 2 rings (SSSR count). The Labute approximate surface area is 119 Å². The first kappa shape index (κ1) is 15.7. The molecule has 0 aromatic carbocycles. The maximum Gasteiger partial charge on any atom is 0.306 e. The summed E-state index contributed by atoms with van der Waals surface area (Å²) in [5, 5.41) is 8.90. The van der Waals surface area contributed by atoms with Gasteiger partial charge in [0, 0.05) is 26.2 Å². The molecule has 2 aliphatic rings. The fourth-order valence-corrected chi connectivity index (χ4v) is 3.87. The Morgan fingerprint density at radius 3 is 2.50 bits per heavy atom. The standard InChI is InChI=1S/C12H22N2O5S/c15-12(16)10-4-6-14(7-5-10)20(17,18)13-9-11-3-1-2-8-19-11/h10-11,13H,1-9H2,(H,15,16). The van der Waals surface area contributed by atoms with Crippen LogP contribution in [0, 0.1) is 5.92 Å². The van der Waals surface area contributed by atoms with Crippen molar-refractivity contribution in [3.05, 3.63) is 0 Å². The number of nitrogens with one attached hydrogen (secondary N) is 1. The smallest absolute Gasteiger partial charge is 0.306 e. The van der Waals surface area contributed by atoms with E-state index in [2.05, 4.69) is 4.72 Å². The van der Waals surface area contributed by atoms with Gasteiger partial charge in [0.2, 0.25) is 0 Å². The number of carboxylic acid groups (broad SMARTS) is 1. The zero-order chi connectivity index (χ0) is 14.6. The normalized spacial score (nSPS) is 26.5. The first-order chi connectivity index (χ1) is 9.49. The largest absolute Gasteiger partial charge is 0.481 e. The number of rotatable bonds is 5. The van der Waals surface area contributed by atoms with Crippen LogP contribution in [-0.4, -0.2) is 56.1 Å². The highest BCUT2D eigenvalue weighted by Gasteiger charge is 2.31. The monoisotopic (exact) mass is 306 g/mol. The van der Waals surface area contributed by atoms with E-state index in [-0.39, 0.29) is 19.2 Å². The Balaban J connectivity index is 1.80. The Morgan fingerprint density at radius 2 is 1.95 bits per heavy atom. The summed E-state index contributed by atoms with van der Waals surface area (Å²) in [6, 6.07) is 0. The van der Waals surface area contributed by atoms with E-state index in [1.54, 1.807) is 0 Å². The molecule has 0 radical (unpaired) electrons. The lowest BCUT2D eigenvalue weighted by Crippen LogP contribution is -2.48. The summed E-state index contributed by atoms with van der Waals surface area (Å²) in [5.74, 6) is -1.27. The summed E-state index contributed by atoms with van der Waals surface area (Å²) >= 11 is 0. The van der Waals surface area contributed by atoms with Gasteiger partial charge < -0.3 is 9.84 Å². The topological polar surface area (TPSA) is 95.9 Å². The minimum atomic E-state index is -3.52. The molecule has 0 bridgehead atoms. The summed E-state index contributed by atoms with van der Waals surface area (Å²) in [6.07, 6.45) is 3.67. The van der Waals surface area contributed by atoms with E-state index in [1.165, 1.54) is 4.31 Å². The molecule has 2 saturated heterocycles. The maximum absolute atomic E-state index is 12.1. The summed E-state index contributed by atoms with van der Waals surface area (Å²) in [6.45, 7) is 1.51. The van der Waals surface area contributed by atoms with E-state index < -0.39 is 22.1 Å². The van der Waals surface area contributed by atoms with Gasteiger partial charge in [-0.2, -0.15) is 17.4 Å². The molecular weight excluding hydrogens is 284 g/mol. The van der Waals surface area contributed by atoms with Crippen molar-refractivity contribution in [3.8, 4) is 0 Å². The van der Waals surface area contributed by atoms with Crippen molar-refractivity contribution in [2.75, 3.05) is 26.2 Å². The molecule has 116 valence electrons. The molecule has 0 spiro atoms. The lowest BCUT2D eigenvalue weighted by Gasteiger charge is -2.30. The molecule has 7 nitrogen and oxygen atoms in total. The minimum absolute atomic E-state index is 0.0462. The second kappa shape index (κ2) is 6.84. The van der Waals surface area contributed by atoms with E-state index >= 15 is 0 Å². The van der Waals surface area contributed by atoms with Crippen LogP contribution in [0.4, 0.5) is 0 Å². The lowest BCUT2D eigenvalue weighted by atomic mass is 9.99. The third kappa shape index (κ3) is 4.15. The Morgan fingerprint density at radius 1 is 1.25 bits per heavy atom. The van der Waals surface area contributed by atoms with Gasteiger partial charge in [-0.25, -0.2) is 0 Å². The number of piperidine rings is 1. The highest BCUT2D eigenvalue weighted by atomic mass is 32.2. The van der Waals surface area contributed by atoms with Crippen LogP contribution in [0.2, 0.25) is 0 Å². The van der Waals surface area contributed by atoms with Crippen molar-refractivity contribution in [3.63, 3.8) is 0 Å². The molecule has 2 fully saturated rings. The number of carboxylic acids is 1. The second-order valence-corrected chi connectivity index (χ2v) is 7.11. The van der Waals surface area contributed by atoms with Crippen LogP contribution in [0.25, 0.3) is 0 Å². The molecule has 2 N–H and O–H groups in total. The highest BCUT2D eigenvalue weighted by Crippen LogP contribution is 2.19. The van der Waals surface area contributed by atoms with Crippen molar-refractivity contribution in [2.45, 2.75) is 38.2 Å². The van der Waals surface area contributed by atoms with Crippen LogP contribution in [0.5, 0.6) is 0 Å². The number of carbonyl (C=O) groups is 1. The van der Waals surface area contributed by atoms with Gasteiger partial charge in [0.15, 0.2) is 0 Å². The molecule has 0 aromatic rings. The van der Waals surface area contributed by atoms with Gasteiger partial charge in [0.1, 0.15) is 0 Å².